The standard InChI is InChI=1S/C11H14ClN5O2/c1-3-5(2)6(10(18)19)15-9-7-8(14-4-13-7)16-11(12)17-9/h4-6H,3H2,1-2H3,(H,18,19)(H2,13,14,15,16,17)/t5-,6+/m1/s1. The zero-order chi connectivity index (χ0) is 14.0. The highest BCUT2D eigenvalue weighted by atomic mass is 35.5. The molecule has 0 spiro atoms. The maximum Gasteiger partial charge on any atom is 0.326 e. The third-order valence-corrected chi connectivity index (χ3v) is 3.20. The molecule has 2 aromatic heterocycles. The molecule has 3 N–H and O–H groups in total. The maximum atomic E-state index is 11.3. The van der Waals surface area contributed by atoms with E-state index in [4.69, 9.17) is 11.6 Å². The van der Waals surface area contributed by atoms with Crippen molar-refractivity contribution in [3.05, 3.63) is 11.6 Å². The predicted molar refractivity (Wildman–Crippen MR) is 71.2 cm³/mol. The normalized spacial score (nSPS) is 14.3. The molecule has 0 bridgehead atoms. The van der Waals surface area contributed by atoms with E-state index in [1.165, 1.54) is 6.33 Å². The SMILES string of the molecule is CC[C@@H](C)[C@H](Nc1nc(Cl)nc2nc[nH]c12)C(=O)O. The van der Waals surface area contributed by atoms with Gasteiger partial charge in [0, 0.05) is 0 Å². The van der Waals surface area contributed by atoms with Gasteiger partial charge in [0.2, 0.25) is 5.28 Å². The number of aromatic nitrogens is 4. The second-order valence-corrected chi connectivity index (χ2v) is 4.63. The molecule has 0 saturated carbocycles. The monoisotopic (exact) mass is 283 g/mol. The van der Waals surface area contributed by atoms with Gasteiger partial charge in [-0.25, -0.2) is 9.78 Å². The summed E-state index contributed by atoms with van der Waals surface area (Å²) in [7, 11) is 0. The van der Waals surface area contributed by atoms with Gasteiger partial charge in [-0.1, -0.05) is 20.3 Å². The molecule has 0 fully saturated rings. The highest BCUT2D eigenvalue weighted by Gasteiger charge is 2.25. The zero-order valence-electron chi connectivity index (χ0n) is 10.5. The third kappa shape index (κ3) is 2.76. The Morgan fingerprint density at radius 1 is 1.58 bits per heavy atom. The summed E-state index contributed by atoms with van der Waals surface area (Å²) in [6, 6.07) is -0.748. The molecule has 0 amide bonds. The summed E-state index contributed by atoms with van der Waals surface area (Å²) in [6.45, 7) is 3.79. The number of halogens is 1. The predicted octanol–water partition coefficient (Wildman–Crippen LogP) is 1.92. The van der Waals surface area contributed by atoms with Crippen molar-refractivity contribution < 1.29 is 9.90 Å². The van der Waals surface area contributed by atoms with Crippen LogP contribution in [0.2, 0.25) is 5.28 Å². The van der Waals surface area contributed by atoms with Crippen LogP contribution in [0.15, 0.2) is 6.33 Å². The van der Waals surface area contributed by atoms with Gasteiger partial charge in [0.15, 0.2) is 11.5 Å². The topological polar surface area (TPSA) is 104 Å². The van der Waals surface area contributed by atoms with E-state index in [0.29, 0.717) is 17.0 Å². The molecule has 102 valence electrons. The van der Waals surface area contributed by atoms with E-state index < -0.39 is 12.0 Å². The van der Waals surface area contributed by atoms with E-state index in [1.54, 1.807) is 0 Å². The molecule has 2 atom stereocenters. The average molecular weight is 284 g/mol. The smallest absolute Gasteiger partial charge is 0.326 e. The largest absolute Gasteiger partial charge is 0.480 e. The first kappa shape index (κ1) is 13.5. The number of aromatic amines is 1. The van der Waals surface area contributed by atoms with Crippen molar-refractivity contribution >= 4 is 34.6 Å². The van der Waals surface area contributed by atoms with Crippen LogP contribution in [0.25, 0.3) is 11.2 Å². The fourth-order valence-electron chi connectivity index (χ4n) is 1.74. The van der Waals surface area contributed by atoms with Crippen LogP contribution in [-0.4, -0.2) is 37.1 Å². The number of rotatable bonds is 5. The number of imidazole rings is 1. The van der Waals surface area contributed by atoms with Crippen LogP contribution >= 0.6 is 11.6 Å². The number of fused-ring (bicyclic) bond motifs is 1. The number of carboxylic acid groups (broad SMARTS) is 1. The van der Waals surface area contributed by atoms with Crippen LogP contribution in [-0.2, 0) is 4.79 Å². The van der Waals surface area contributed by atoms with Crippen molar-refractivity contribution in [2.75, 3.05) is 5.32 Å². The molecule has 0 aromatic carbocycles. The third-order valence-electron chi connectivity index (χ3n) is 3.03. The van der Waals surface area contributed by atoms with Gasteiger partial charge in [-0.15, -0.1) is 0 Å². The van der Waals surface area contributed by atoms with Crippen LogP contribution in [0.4, 0.5) is 5.82 Å². The number of hydrogen-bond donors (Lipinski definition) is 3. The fraction of sp³-hybridized carbons (Fsp3) is 0.455. The van der Waals surface area contributed by atoms with Crippen molar-refractivity contribution in [3.8, 4) is 0 Å². The van der Waals surface area contributed by atoms with Gasteiger partial charge in [0.1, 0.15) is 11.6 Å². The van der Waals surface area contributed by atoms with Crippen molar-refractivity contribution in [1.29, 1.82) is 0 Å². The molecule has 0 unspecified atom stereocenters. The lowest BCUT2D eigenvalue weighted by molar-refractivity contribution is -0.139. The maximum absolute atomic E-state index is 11.3. The summed E-state index contributed by atoms with van der Waals surface area (Å²) in [5.41, 5.74) is 0.940. The first-order chi connectivity index (χ1) is 9.02. The van der Waals surface area contributed by atoms with Gasteiger partial charge in [0.25, 0.3) is 0 Å². The molecule has 2 heterocycles. The molecular weight excluding hydrogens is 270 g/mol. The quantitative estimate of drug-likeness (QED) is 0.724. The molecule has 0 radical (unpaired) electrons. The summed E-state index contributed by atoms with van der Waals surface area (Å²) in [5, 5.41) is 12.2. The molecule has 19 heavy (non-hydrogen) atoms. The number of anilines is 1. The molecule has 2 rings (SSSR count). The summed E-state index contributed by atoms with van der Waals surface area (Å²) in [5.74, 6) is -0.638. The molecule has 8 heteroatoms. The van der Waals surface area contributed by atoms with Crippen molar-refractivity contribution in [1.82, 2.24) is 19.9 Å². The van der Waals surface area contributed by atoms with Crippen molar-refractivity contribution in [2.24, 2.45) is 5.92 Å². The van der Waals surface area contributed by atoms with Gasteiger partial charge in [-0.3, -0.25) is 0 Å². The average Bonchev–Trinajstić information content (AvgIpc) is 2.82. The van der Waals surface area contributed by atoms with Crippen LogP contribution in [0.1, 0.15) is 20.3 Å². The Hall–Kier alpha value is -1.89. The van der Waals surface area contributed by atoms with Crippen LogP contribution in [0.5, 0.6) is 0 Å². The van der Waals surface area contributed by atoms with E-state index >= 15 is 0 Å². The second kappa shape index (κ2) is 5.40. The molecule has 0 aliphatic carbocycles. The summed E-state index contributed by atoms with van der Waals surface area (Å²) < 4.78 is 0. The van der Waals surface area contributed by atoms with Crippen LogP contribution in [0, 0.1) is 5.92 Å². The first-order valence-corrected chi connectivity index (χ1v) is 6.26. The summed E-state index contributed by atoms with van der Waals surface area (Å²) in [6.07, 6.45) is 2.19. The number of aliphatic carboxylic acids is 1. The second-order valence-electron chi connectivity index (χ2n) is 4.29. The Balaban J connectivity index is 2.38. The minimum atomic E-state index is -0.934. The minimum absolute atomic E-state index is 0.0235. The molecule has 7 nitrogen and oxygen atoms in total. The van der Waals surface area contributed by atoms with Gasteiger partial charge < -0.3 is 15.4 Å². The van der Waals surface area contributed by atoms with Gasteiger partial charge in [-0.05, 0) is 17.5 Å². The van der Waals surface area contributed by atoms with Crippen LogP contribution in [0.3, 0.4) is 0 Å². The highest BCUT2D eigenvalue weighted by Crippen LogP contribution is 2.21. The van der Waals surface area contributed by atoms with E-state index in [9.17, 15) is 9.90 Å². The fourth-order valence-corrected chi connectivity index (χ4v) is 1.91. The number of hydrogen-bond acceptors (Lipinski definition) is 5. The highest BCUT2D eigenvalue weighted by molar-refractivity contribution is 6.28. The zero-order valence-corrected chi connectivity index (χ0v) is 11.3. The Labute approximate surface area is 114 Å². The Kier molecular flexibility index (Phi) is 3.84. The Morgan fingerprint density at radius 2 is 2.32 bits per heavy atom. The Bertz CT molecular complexity index is 600. The lowest BCUT2D eigenvalue weighted by Gasteiger charge is -2.20. The van der Waals surface area contributed by atoms with Crippen LogP contribution < -0.4 is 5.32 Å². The van der Waals surface area contributed by atoms with Gasteiger partial charge in [0.05, 0.1) is 6.33 Å². The number of H-pyrrole nitrogens is 1. The van der Waals surface area contributed by atoms with E-state index in [2.05, 4.69) is 25.3 Å². The Morgan fingerprint density at radius 3 is 2.95 bits per heavy atom. The number of carbonyl (C=O) groups is 1. The van der Waals surface area contributed by atoms with Crippen molar-refractivity contribution in [2.45, 2.75) is 26.3 Å². The molecule has 0 aliphatic heterocycles. The number of nitrogens with zero attached hydrogens (tertiary/aromatic N) is 3. The minimum Gasteiger partial charge on any atom is -0.480 e. The lowest BCUT2D eigenvalue weighted by Crippen LogP contribution is -2.35. The van der Waals surface area contributed by atoms with Crippen molar-refractivity contribution in [3.63, 3.8) is 0 Å². The van der Waals surface area contributed by atoms with E-state index in [0.717, 1.165) is 6.42 Å². The summed E-state index contributed by atoms with van der Waals surface area (Å²) in [4.78, 5) is 26.1. The van der Waals surface area contributed by atoms with E-state index in [-0.39, 0.29) is 11.2 Å². The summed E-state index contributed by atoms with van der Waals surface area (Å²) >= 11 is 5.79. The first-order valence-electron chi connectivity index (χ1n) is 5.89. The van der Waals surface area contributed by atoms with E-state index in [1.807, 2.05) is 13.8 Å². The van der Waals surface area contributed by atoms with Gasteiger partial charge in [-0.2, -0.15) is 9.97 Å². The lowest BCUT2D eigenvalue weighted by atomic mass is 9.99. The number of nitrogens with one attached hydrogen (secondary N) is 2. The molecular formula is C11H14ClN5O2. The molecule has 2 aromatic rings. The molecule has 0 aliphatic rings. The van der Waals surface area contributed by atoms with Gasteiger partial charge >= 0.3 is 5.97 Å². The number of carboxylic acids is 1. The molecule has 0 saturated heterocycles.